The molecule has 1 aromatic carbocycles. The SMILES string of the molecule is CC1(CNC(=O)Cc2ccc(C#N)cc2)CCOCC1. The summed E-state index contributed by atoms with van der Waals surface area (Å²) in [5.74, 6) is 0.0300. The second kappa shape index (κ2) is 6.53. The van der Waals surface area contributed by atoms with Crippen LogP contribution in [0.15, 0.2) is 24.3 Å². The van der Waals surface area contributed by atoms with E-state index in [1.54, 1.807) is 12.1 Å². The number of carbonyl (C=O) groups excluding carboxylic acids is 1. The van der Waals surface area contributed by atoms with Crippen molar-refractivity contribution in [2.24, 2.45) is 5.41 Å². The Balaban J connectivity index is 1.81. The third kappa shape index (κ3) is 4.07. The molecule has 106 valence electrons. The van der Waals surface area contributed by atoms with E-state index in [0.29, 0.717) is 18.5 Å². The Kier molecular flexibility index (Phi) is 4.75. The zero-order valence-electron chi connectivity index (χ0n) is 11.8. The minimum absolute atomic E-state index is 0.0300. The summed E-state index contributed by atoms with van der Waals surface area (Å²) >= 11 is 0. The Bertz CT molecular complexity index is 496. The number of hydrogen-bond donors (Lipinski definition) is 1. The van der Waals surface area contributed by atoms with Crippen LogP contribution in [0.2, 0.25) is 0 Å². The molecule has 1 heterocycles. The van der Waals surface area contributed by atoms with Gasteiger partial charge in [-0.3, -0.25) is 4.79 Å². The molecule has 4 heteroatoms. The van der Waals surface area contributed by atoms with Crippen LogP contribution in [0.25, 0.3) is 0 Å². The molecule has 0 spiro atoms. The lowest BCUT2D eigenvalue weighted by atomic mass is 9.82. The molecule has 2 rings (SSSR count). The van der Waals surface area contributed by atoms with Crippen LogP contribution in [-0.4, -0.2) is 25.7 Å². The van der Waals surface area contributed by atoms with Crippen LogP contribution >= 0.6 is 0 Å². The molecule has 0 unspecified atom stereocenters. The molecule has 0 bridgehead atoms. The minimum atomic E-state index is 0.0300. The van der Waals surface area contributed by atoms with Gasteiger partial charge in [-0.2, -0.15) is 5.26 Å². The van der Waals surface area contributed by atoms with Crippen molar-refractivity contribution in [2.45, 2.75) is 26.2 Å². The van der Waals surface area contributed by atoms with Crippen molar-refractivity contribution in [1.82, 2.24) is 5.32 Å². The highest BCUT2D eigenvalue weighted by atomic mass is 16.5. The maximum atomic E-state index is 11.9. The monoisotopic (exact) mass is 272 g/mol. The van der Waals surface area contributed by atoms with Gasteiger partial charge in [-0.25, -0.2) is 0 Å². The number of benzene rings is 1. The lowest BCUT2D eigenvalue weighted by Gasteiger charge is -2.33. The summed E-state index contributed by atoms with van der Waals surface area (Å²) in [5, 5.41) is 11.7. The predicted octanol–water partition coefficient (Wildman–Crippen LogP) is 2.03. The van der Waals surface area contributed by atoms with Crippen molar-refractivity contribution in [3.05, 3.63) is 35.4 Å². The molecule has 1 amide bonds. The smallest absolute Gasteiger partial charge is 0.224 e. The molecular weight excluding hydrogens is 252 g/mol. The molecule has 0 aromatic heterocycles. The van der Waals surface area contributed by atoms with Crippen molar-refractivity contribution in [3.8, 4) is 6.07 Å². The third-order valence-electron chi connectivity index (χ3n) is 3.86. The number of hydrogen-bond acceptors (Lipinski definition) is 3. The molecule has 1 fully saturated rings. The van der Waals surface area contributed by atoms with Crippen LogP contribution in [-0.2, 0) is 16.0 Å². The van der Waals surface area contributed by atoms with Gasteiger partial charge in [-0.15, -0.1) is 0 Å². The molecule has 1 saturated heterocycles. The van der Waals surface area contributed by atoms with Gasteiger partial charge in [0, 0.05) is 19.8 Å². The fourth-order valence-corrected chi connectivity index (χ4v) is 2.30. The van der Waals surface area contributed by atoms with E-state index in [2.05, 4.69) is 18.3 Å². The standard InChI is InChI=1S/C16H20N2O2/c1-16(6-8-20-9-7-16)12-18-15(19)10-13-2-4-14(11-17)5-3-13/h2-5H,6-10,12H2,1H3,(H,18,19). The van der Waals surface area contributed by atoms with Gasteiger partial charge in [-0.05, 0) is 36.0 Å². The molecular formula is C16H20N2O2. The molecule has 1 aromatic rings. The predicted molar refractivity (Wildman–Crippen MR) is 76.0 cm³/mol. The van der Waals surface area contributed by atoms with Crippen molar-refractivity contribution >= 4 is 5.91 Å². The highest BCUT2D eigenvalue weighted by molar-refractivity contribution is 5.78. The molecule has 4 nitrogen and oxygen atoms in total. The van der Waals surface area contributed by atoms with Crippen LogP contribution in [0.1, 0.15) is 30.9 Å². The van der Waals surface area contributed by atoms with Gasteiger partial charge in [-0.1, -0.05) is 19.1 Å². The summed E-state index contributed by atoms with van der Waals surface area (Å²) in [6.07, 6.45) is 2.34. The van der Waals surface area contributed by atoms with Gasteiger partial charge in [0.15, 0.2) is 0 Å². The molecule has 0 radical (unpaired) electrons. The van der Waals surface area contributed by atoms with Crippen LogP contribution in [0.3, 0.4) is 0 Å². The Hall–Kier alpha value is -1.86. The summed E-state index contributed by atoms with van der Waals surface area (Å²) in [5.41, 5.74) is 1.70. The van der Waals surface area contributed by atoms with E-state index in [-0.39, 0.29) is 11.3 Å². The van der Waals surface area contributed by atoms with E-state index in [1.165, 1.54) is 0 Å². The minimum Gasteiger partial charge on any atom is -0.381 e. The zero-order valence-corrected chi connectivity index (χ0v) is 11.8. The van der Waals surface area contributed by atoms with Crippen molar-refractivity contribution in [2.75, 3.05) is 19.8 Å². The normalized spacial score (nSPS) is 17.2. The van der Waals surface area contributed by atoms with E-state index in [4.69, 9.17) is 10.00 Å². The number of nitriles is 1. The second-order valence-electron chi connectivity index (χ2n) is 5.69. The average molecular weight is 272 g/mol. The Labute approximate surface area is 119 Å². The molecule has 1 aliphatic rings. The van der Waals surface area contributed by atoms with E-state index in [1.807, 2.05) is 12.1 Å². The number of ether oxygens (including phenoxy) is 1. The molecule has 1 aliphatic heterocycles. The summed E-state index contributed by atoms with van der Waals surface area (Å²) in [7, 11) is 0. The Morgan fingerprint density at radius 2 is 2.00 bits per heavy atom. The topological polar surface area (TPSA) is 62.1 Å². The first-order valence-corrected chi connectivity index (χ1v) is 6.95. The summed E-state index contributed by atoms with van der Waals surface area (Å²) < 4.78 is 5.35. The quantitative estimate of drug-likeness (QED) is 0.912. The summed E-state index contributed by atoms with van der Waals surface area (Å²) in [6.45, 7) is 4.45. The number of rotatable bonds is 4. The highest BCUT2D eigenvalue weighted by Gasteiger charge is 2.27. The summed E-state index contributed by atoms with van der Waals surface area (Å²) in [6, 6.07) is 9.20. The van der Waals surface area contributed by atoms with Crippen LogP contribution in [0.4, 0.5) is 0 Å². The van der Waals surface area contributed by atoms with Crippen molar-refractivity contribution < 1.29 is 9.53 Å². The van der Waals surface area contributed by atoms with E-state index < -0.39 is 0 Å². The molecule has 1 N–H and O–H groups in total. The number of nitrogens with one attached hydrogen (secondary N) is 1. The lowest BCUT2D eigenvalue weighted by molar-refractivity contribution is -0.121. The summed E-state index contributed by atoms with van der Waals surface area (Å²) in [4.78, 5) is 11.9. The molecule has 0 atom stereocenters. The third-order valence-corrected chi connectivity index (χ3v) is 3.86. The van der Waals surface area contributed by atoms with E-state index >= 15 is 0 Å². The zero-order chi connectivity index (χ0) is 14.4. The average Bonchev–Trinajstić information content (AvgIpc) is 2.47. The van der Waals surface area contributed by atoms with Gasteiger partial charge >= 0.3 is 0 Å². The first kappa shape index (κ1) is 14.5. The number of nitrogens with zero attached hydrogens (tertiary/aromatic N) is 1. The fourth-order valence-electron chi connectivity index (χ4n) is 2.30. The number of carbonyl (C=O) groups is 1. The van der Waals surface area contributed by atoms with E-state index in [9.17, 15) is 4.79 Å². The number of amides is 1. The lowest BCUT2D eigenvalue weighted by Crippen LogP contribution is -2.39. The van der Waals surface area contributed by atoms with Crippen molar-refractivity contribution in [1.29, 1.82) is 5.26 Å². The Morgan fingerprint density at radius 1 is 1.35 bits per heavy atom. The van der Waals surface area contributed by atoms with Crippen LogP contribution < -0.4 is 5.32 Å². The van der Waals surface area contributed by atoms with Gasteiger partial charge in [0.1, 0.15) is 0 Å². The molecule has 0 aliphatic carbocycles. The van der Waals surface area contributed by atoms with Crippen LogP contribution in [0, 0.1) is 16.7 Å². The maximum Gasteiger partial charge on any atom is 0.224 e. The van der Waals surface area contributed by atoms with Gasteiger partial charge < -0.3 is 10.1 Å². The fraction of sp³-hybridized carbons (Fsp3) is 0.500. The second-order valence-corrected chi connectivity index (χ2v) is 5.69. The van der Waals surface area contributed by atoms with Crippen molar-refractivity contribution in [3.63, 3.8) is 0 Å². The van der Waals surface area contributed by atoms with Crippen LogP contribution in [0.5, 0.6) is 0 Å². The molecule has 0 saturated carbocycles. The Morgan fingerprint density at radius 3 is 2.60 bits per heavy atom. The first-order chi connectivity index (χ1) is 9.61. The van der Waals surface area contributed by atoms with Gasteiger partial charge in [0.2, 0.25) is 5.91 Å². The first-order valence-electron chi connectivity index (χ1n) is 6.95. The largest absolute Gasteiger partial charge is 0.381 e. The van der Waals surface area contributed by atoms with E-state index in [0.717, 1.165) is 31.6 Å². The highest BCUT2D eigenvalue weighted by Crippen LogP contribution is 2.28. The van der Waals surface area contributed by atoms with Gasteiger partial charge in [0.25, 0.3) is 0 Å². The molecule has 20 heavy (non-hydrogen) atoms. The van der Waals surface area contributed by atoms with Gasteiger partial charge in [0.05, 0.1) is 18.1 Å². The maximum absolute atomic E-state index is 11.9.